The molecule has 0 saturated carbocycles. The number of ether oxygens (including phenoxy) is 1. The maximum Gasteiger partial charge on any atom is 0.225 e. The molecule has 1 aliphatic rings. The van der Waals surface area contributed by atoms with Crippen LogP contribution in [0.2, 0.25) is 0 Å². The van der Waals surface area contributed by atoms with Gasteiger partial charge in [-0.15, -0.1) is 11.3 Å². The molecular weight excluding hydrogens is 360 g/mol. The molecule has 0 atom stereocenters. The second-order valence-corrected chi connectivity index (χ2v) is 7.59. The summed E-state index contributed by atoms with van der Waals surface area (Å²) < 4.78 is 6.56. The van der Waals surface area contributed by atoms with Crippen LogP contribution in [-0.2, 0) is 16.0 Å². The number of benzene rings is 1. The Kier molecular flexibility index (Phi) is 5.60. The molecule has 1 fully saturated rings. The van der Waals surface area contributed by atoms with Crippen LogP contribution in [0.25, 0.3) is 10.2 Å². The number of rotatable bonds is 6. The smallest absolute Gasteiger partial charge is 0.225 e. The summed E-state index contributed by atoms with van der Waals surface area (Å²) in [6, 6.07) is 12.0. The Morgan fingerprint density at radius 2 is 2.04 bits per heavy atom. The van der Waals surface area contributed by atoms with E-state index in [0.717, 1.165) is 55.4 Å². The van der Waals surface area contributed by atoms with E-state index >= 15 is 0 Å². The number of morpholine rings is 1. The van der Waals surface area contributed by atoms with Crippen molar-refractivity contribution in [2.75, 3.05) is 36.5 Å². The summed E-state index contributed by atoms with van der Waals surface area (Å²) in [5.41, 5.74) is 2.10. The van der Waals surface area contributed by atoms with E-state index in [4.69, 9.17) is 4.74 Å². The number of nitrogens with zero attached hydrogens (tertiary/aromatic N) is 3. The number of anilines is 2. The van der Waals surface area contributed by atoms with Crippen LogP contribution in [0.1, 0.15) is 17.8 Å². The highest BCUT2D eigenvalue weighted by molar-refractivity contribution is 7.18. The number of para-hydroxylation sites is 1. The molecule has 2 aromatic heterocycles. The molecule has 27 heavy (non-hydrogen) atoms. The Hall–Kier alpha value is -2.51. The Balaban J connectivity index is 1.25. The van der Waals surface area contributed by atoms with E-state index in [-0.39, 0.29) is 5.91 Å². The van der Waals surface area contributed by atoms with Gasteiger partial charge in [-0.2, -0.15) is 0 Å². The molecule has 6 nitrogen and oxygen atoms in total. The van der Waals surface area contributed by atoms with E-state index in [1.807, 2.05) is 36.5 Å². The molecule has 1 aliphatic heterocycles. The SMILES string of the molecule is O=C(CCCc1nc2ccccc2s1)Nc1ccc(N2CCOCC2)cn1. The van der Waals surface area contributed by atoms with Gasteiger partial charge in [-0.05, 0) is 37.1 Å². The average molecular weight is 382 g/mol. The highest BCUT2D eigenvalue weighted by atomic mass is 32.1. The highest BCUT2D eigenvalue weighted by Gasteiger charge is 2.12. The first-order valence-electron chi connectivity index (χ1n) is 9.21. The minimum Gasteiger partial charge on any atom is -0.378 e. The van der Waals surface area contributed by atoms with Gasteiger partial charge >= 0.3 is 0 Å². The Morgan fingerprint density at radius 3 is 2.81 bits per heavy atom. The monoisotopic (exact) mass is 382 g/mol. The second-order valence-electron chi connectivity index (χ2n) is 6.48. The van der Waals surface area contributed by atoms with Gasteiger partial charge in [0.15, 0.2) is 0 Å². The molecule has 3 aromatic rings. The number of pyridine rings is 1. The molecule has 7 heteroatoms. The number of hydrogen-bond acceptors (Lipinski definition) is 6. The quantitative estimate of drug-likeness (QED) is 0.707. The molecule has 0 bridgehead atoms. The standard InChI is InChI=1S/C20H22N4O2S/c25-19(6-3-7-20-22-16-4-1-2-5-17(16)27-20)23-18-9-8-15(14-21-18)24-10-12-26-13-11-24/h1-2,4-5,8-9,14H,3,6-7,10-13H2,(H,21,23,25). The van der Waals surface area contributed by atoms with Gasteiger partial charge in [0.1, 0.15) is 5.82 Å². The zero-order valence-corrected chi connectivity index (χ0v) is 15.9. The van der Waals surface area contributed by atoms with E-state index in [2.05, 4.69) is 26.3 Å². The lowest BCUT2D eigenvalue weighted by molar-refractivity contribution is -0.116. The molecule has 0 radical (unpaired) electrons. The molecule has 1 amide bonds. The average Bonchev–Trinajstić information content (AvgIpc) is 3.12. The third-order valence-corrected chi connectivity index (χ3v) is 5.62. The van der Waals surface area contributed by atoms with Gasteiger partial charge < -0.3 is 15.0 Å². The first kappa shape index (κ1) is 17.9. The lowest BCUT2D eigenvalue weighted by Crippen LogP contribution is -2.36. The maximum atomic E-state index is 12.2. The van der Waals surface area contributed by atoms with Crippen LogP contribution in [0.5, 0.6) is 0 Å². The maximum absolute atomic E-state index is 12.2. The van der Waals surface area contributed by atoms with Crippen LogP contribution in [0.15, 0.2) is 42.6 Å². The van der Waals surface area contributed by atoms with E-state index in [9.17, 15) is 4.79 Å². The molecule has 0 aliphatic carbocycles. The normalized spacial score (nSPS) is 14.4. The third-order valence-electron chi connectivity index (χ3n) is 4.52. The molecule has 4 rings (SSSR count). The summed E-state index contributed by atoms with van der Waals surface area (Å²) in [5.74, 6) is 0.583. The largest absolute Gasteiger partial charge is 0.378 e. The highest BCUT2D eigenvalue weighted by Crippen LogP contribution is 2.23. The molecule has 0 spiro atoms. The molecule has 1 aromatic carbocycles. The van der Waals surface area contributed by atoms with E-state index < -0.39 is 0 Å². The number of carbonyl (C=O) groups is 1. The number of aryl methyl sites for hydroxylation is 1. The molecule has 3 heterocycles. The lowest BCUT2D eigenvalue weighted by Gasteiger charge is -2.28. The fourth-order valence-corrected chi connectivity index (χ4v) is 4.11. The van der Waals surface area contributed by atoms with E-state index in [1.165, 1.54) is 4.70 Å². The van der Waals surface area contributed by atoms with Crippen molar-refractivity contribution in [3.8, 4) is 0 Å². The number of thiazole rings is 1. The van der Waals surface area contributed by atoms with E-state index in [1.54, 1.807) is 11.3 Å². The fourth-order valence-electron chi connectivity index (χ4n) is 3.10. The number of carbonyl (C=O) groups excluding carboxylic acids is 1. The number of fused-ring (bicyclic) bond motifs is 1. The van der Waals surface area contributed by atoms with Crippen molar-refractivity contribution < 1.29 is 9.53 Å². The zero-order valence-electron chi connectivity index (χ0n) is 15.1. The van der Waals surface area contributed by atoms with Crippen LogP contribution in [-0.4, -0.2) is 42.2 Å². The molecule has 1 saturated heterocycles. The topological polar surface area (TPSA) is 67.4 Å². The van der Waals surface area contributed by atoms with Crippen molar-refractivity contribution in [3.63, 3.8) is 0 Å². The number of hydrogen-bond donors (Lipinski definition) is 1. The number of amides is 1. The van der Waals surface area contributed by atoms with Gasteiger partial charge in [-0.1, -0.05) is 12.1 Å². The Labute approximate surface area is 162 Å². The van der Waals surface area contributed by atoms with Crippen molar-refractivity contribution in [2.24, 2.45) is 0 Å². The van der Waals surface area contributed by atoms with Gasteiger partial charge in [-0.25, -0.2) is 9.97 Å². The number of nitrogens with one attached hydrogen (secondary N) is 1. The summed E-state index contributed by atoms with van der Waals surface area (Å²) in [4.78, 5) is 23.4. The van der Waals surface area contributed by atoms with Crippen molar-refractivity contribution in [3.05, 3.63) is 47.6 Å². The van der Waals surface area contributed by atoms with Crippen LogP contribution < -0.4 is 10.2 Å². The van der Waals surface area contributed by atoms with Crippen LogP contribution in [0, 0.1) is 0 Å². The molecular formula is C20H22N4O2S. The van der Waals surface area contributed by atoms with Crippen LogP contribution in [0.4, 0.5) is 11.5 Å². The van der Waals surface area contributed by atoms with Crippen molar-refractivity contribution in [2.45, 2.75) is 19.3 Å². The molecule has 1 N–H and O–H groups in total. The first-order valence-corrected chi connectivity index (χ1v) is 10.0. The van der Waals surface area contributed by atoms with Gasteiger partial charge in [-0.3, -0.25) is 4.79 Å². The van der Waals surface area contributed by atoms with Crippen molar-refractivity contribution >= 4 is 39.0 Å². The minimum atomic E-state index is -0.0114. The molecule has 140 valence electrons. The summed E-state index contributed by atoms with van der Waals surface area (Å²) in [6.07, 6.45) is 3.86. The van der Waals surface area contributed by atoms with Gasteiger partial charge in [0.05, 0.1) is 40.3 Å². The predicted molar refractivity (Wildman–Crippen MR) is 108 cm³/mol. The minimum absolute atomic E-state index is 0.0114. The lowest BCUT2D eigenvalue weighted by atomic mass is 10.2. The fraction of sp³-hybridized carbons (Fsp3) is 0.350. The Morgan fingerprint density at radius 1 is 1.19 bits per heavy atom. The third kappa shape index (κ3) is 4.61. The first-order chi connectivity index (χ1) is 13.3. The number of aromatic nitrogens is 2. The zero-order chi connectivity index (χ0) is 18.5. The molecule has 0 unspecified atom stereocenters. The van der Waals surface area contributed by atoms with E-state index in [0.29, 0.717) is 12.2 Å². The van der Waals surface area contributed by atoms with Crippen LogP contribution in [0.3, 0.4) is 0 Å². The van der Waals surface area contributed by atoms with Gasteiger partial charge in [0.25, 0.3) is 0 Å². The summed E-state index contributed by atoms with van der Waals surface area (Å²) in [5, 5.41) is 3.96. The summed E-state index contributed by atoms with van der Waals surface area (Å²) in [7, 11) is 0. The predicted octanol–water partition coefficient (Wildman–Crippen LogP) is 3.49. The second kappa shape index (κ2) is 8.45. The summed E-state index contributed by atoms with van der Waals surface area (Å²) in [6.45, 7) is 3.23. The Bertz CT molecular complexity index is 871. The van der Waals surface area contributed by atoms with Gasteiger partial charge in [0, 0.05) is 19.5 Å². The van der Waals surface area contributed by atoms with Crippen LogP contribution >= 0.6 is 11.3 Å². The van der Waals surface area contributed by atoms with Gasteiger partial charge in [0.2, 0.25) is 5.91 Å². The summed E-state index contributed by atoms with van der Waals surface area (Å²) >= 11 is 1.70. The van der Waals surface area contributed by atoms with Crippen molar-refractivity contribution in [1.29, 1.82) is 0 Å². The van der Waals surface area contributed by atoms with Crippen molar-refractivity contribution in [1.82, 2.24) is 9.97 Å².